The Labute approximate surface area is 111 Å². The molecule has 19 heavy (non-hydrogen) atoms. The highest BCUT2D eigenvalue weighted by Gasteiger charge is 2.16. The summed E-state index contributed by atoms with van der Waals surface area (Å²) in [5.41, 5.74) is 1.50. The van der Waals surface area contributed by atoms with Crippen molar-refractivity contribution in [3.8, 4) is 0 Å². The minimum absolute atomic E-state index is 0.00609. The predicted molar refractivity (Wildman–Crippen MR) is 70.5 cm³/mol. The summed E-state index contributed by atoms with van der Waals surface area (Å²) < 4.78 is 5.26. The predicted octanol–water partition coefficient (Wildman–Crippen LogP) is 1.56. The summed E-state index contributed by atoms with van der Waals surface area (Å²) in [7, 11) is 0. The summed E-state index contributed by atoms with van der Waals surface area (Å²) in [6, 6.07) is 4.86. The third-order valence-corrected chi connectivity index (χ3v) is 3.00. The average molecular weight is 264 g/mol. The maximum absolute atomic E-state index is 11.2. The van der Waals surface area contributed by atoms with Gasteiger partial charge in [0.2, 0.25) is 0 Å². The number of nitrogens with zero attached hydrogens (tertiary/aromatic N) is 2. The average Bonchev–Trinajstić information content (AvgIpc) is 2.38. The van der Waals surface area contributed by atoms with Crippen LogP contribution in [0.4, 0.5) is 11.4 Å². The number of Topliss-reactive ketones (excluding diaryl/α,β-unsaturated/α-hetero) is 1. The second kappa shape index (κ2) is 5.79. The van der Waals surface area contributed by atoms with Gasteiger partial charge in [-0.2, -0.15) is 0 Å². The molecule has 6 nitrogen and oxygen atoms in total. The summed E-state index contributed by atoms with van der Waals surface area (Å²) in [5, 5.41) is 11.0. The molecule has 1 aliphatic heterocycles. The Morgan fingerprint density at radius 2 is 2.05 bits per heavy atom. The van der Waals surface area contributed by atoms with Crippen LogP contribution < -0.4 is 4.90 Å². The number of hydrogen-bond donors (Lipinski definition) is 0. The van der Waals surface area contributed by atoms with Crippen molar-refractivity contribution in [2.45, 2.75) is 13.3 Å². The summed E-state index contributed by atoms with van der Waals surface area (Å²) in [4.78, 5) is 23.7. The molecule has 0 unspecified atom stereocenters. The van der Waals surface area contributed by atoms with E-state index in [0.717, 1.165) is 5.69 Å². The number of ketones is 1. The second-order valence-electron chi connectivity index (χ2n) is 4.59. The van der Waals surface area contributed by atoms with Crippen molar-refractivity contribution in [1.82, 2.24) is 0 Å². The fourth-order valence-electron chi connectivity index (χ4n) is 2.16. The molecule has 0 atom stereocenters. The Morgan fingerprint density at radius 3 is 2.63 bits per heavy atom. The van der Waals surface area contributed by atoms with Crippen LogP contribution in [-0.2, 0) is 16.0 Å². The SMILES string of the molecule is CC(=O)Cc1cc(N2CCOCC2)cc([N+](=O)[O-])c1. The molecule has 1 heterocycles. The summed E-state index contributed by atoms with van der Waals surface area (Å²) in [6.07, 6.45) is 0.221. The van der Waals surface area contributed by atoms with E-state index in [9.17, 15) is 14.9 Å². The largest absolute Gasteiger partial charge is 0.378 e. The lowest BCUT2D eigenvalue weighted by Crippen LogP contribution is -2.36. The Kier molecular flexibility index (Phi) is 4.11. The van der Waals surface area contributed by atoms with Gasteiger partial charge in [-0.1, -0.05) is 0 Å². The van der Waals surface area contributed by atoms with Crippen LogP contribution in [0.3, 0.4) is 0 Å². The van der Waals surface area contributed by atoms with Gasteiger partial charge >= 0.3 is 0 Å². The van der Waals surface area contributed by atoms with E-state index >= 15 is 0 Å². The summed E-state index contributed by atoms with van der Waals surface area (Å²) in [6.45, 7) is 4.13. The number of rotatable bonds is 4. The number of nitro groups is 1. The first kappa shape index (κ1) is 13.5. The van der Waals surface area contributed by atoms with Gasteiger partial charge in [0.25, 0.3) is 5.69 Å². The highest BCUT2D eigenvalue weighted by molar-refractivity contribution is 5.79. The highest BCUT2D eigenvalue weighted by atomic mass is 16.6. The molecule has 1 saturated heterocycles. The first-order valence-corrected chi connectivity index (χ1v) is 6.17. The van der Waals surface area contributed by atoms with Gasteiger partial charge in [0, 0.05) is 37.3 Å². The quantitative estimate of drug-likeness (QED) is 0.609. The third-order valence-electron chi connectivity index (χ3n) is 3.00. The number of carbonyl (C=O) groups excluding carboxylic acids is 1. The molecule has 0 spiro atoms. The molecule has 0 amide bonds. The van der Waals surface area contributed by atoms with E-state index < -0.39 is 4.92 Å². The Hall–Kier alpha value is -1.95. The molecule has 0 N–H and O–H groups in total. The van der Waals surface area contributed by atoms with Crippen LogP contribution >= 0.6 is 0 Å². The molecule has 0 aromatic heterocycles. The second-order valence-corrected chi connectivity index (χ2v) is 4.59. The molecule has 0 bridgehead atoms. The lowest BCUT2D eigenvalue weighted by Gasteiger charge is -2.29. The Morgan fingerprint density at radius 1 is 1.37 bits per heavy atom. The molecular weight excluding hydrogens is 248 g/mol. The van der Waals surface area contributed by atoms with Crippen LogP contribution in [0.25, 0.3) is 0 Å². The maximum atomic E-state index is 11.2. The van der Waals surface area contributed by atoms with Crippen LogP contribution in [0.15, 0.2) is 18.2 Å². The van der Waals surface area contributed by atoms with E-state index in [1.807, 2.05) is 11.0 Å². The van der Waals surface area contributed by atoms with E-state index in [4.69, 9.17) is 4.74 Å². The van der Waals surface area contributed by atoms with E-state index in [-0.39, 0.29) is 17.9 Å². The minimum atomic E-state index is -0.423. The van der Waals surface area contributed by atoms with Gasteiger partial charge in [0.15, 0.2) is 0 Å². The molecule has 6 heteroatoms. The maximum Gasteiger partial charge on any atom is 0.271 e. The van der Waals surface area contributed by atoms with Crippen molar-refractivity contribution < 1.29 is 14.5 Å². The fourth-order valence-corrected chi connectivity index (χ4v) is 2.16. The highest BCUT2D eigenvalue weighted by Crippen LogP contribution is 2.25. The molecule has 1 aromatic rings. The molecule has 1 aromatic carbocycles. The molecule has 1 fully saturated rings. The number of carbonyl (C=O) groups is 1. The van der Waals surface area contributed by atoms with Crippen LogP contribution in [0.5, 0.6) is 0 Å². The standard InChI is InChI=1S/C13H16N2O4/c1-10(16)6-11-7-12(9-13(8-11)15(17)18)14-2-4-19-5-3-14/h7-9H,2-6H2,1H3. The van der Waals surface area contributed by atoms with Crippen molar-refractivity contribution in [1.29, 1.82) is 0 Å². The van der Waals surface area contributed by atoms with Gasteiger partial charge in [-0.05, 0) is 18.6 Å². The molecule has 0 saturated carbocycles. The zero-order chi connectivity index (χ0) is 13.8. The Bertz CT molecular complexity index is 495. The van der Waals surface area contributed by atoms with E-state index in [1.54, 1.807) is 6.07 Å². The van der Waals surface area contributed by atoms with Crippen LogP contribution in [-0.4, -0.2) is 37.0 Å². The van der Waals surface area contributed by atoms with Crippen molar-refractivity contribution in [2.75, 3.05) is 31.2 Å². The number of anilines is 1. The monoisotopic (exact) mass is 264 g/mol. The molecule has 2 rings (SSSR count). The molecule has 0 aliphatic carbocycles. The lowest BCUT2D eigenvalue weighted by molar-refractivity contribution is -0.384. The van der Waals surface area contributed by atoms with Crippen molar-refractivity contribution in [2.24, 2.45) is 0 Å². The zero-order valence-corrected chi connectivity index (χ0v) is 10.8. The van der Waals surface area contributed by atoms with Gasteiger partial charge in [-0.3, -0.25) is 14.9 Å². The van der Waals surface area contributed by atoms with E-state index in [2.05, 4.69) is 0 Å². The van der Waals surface area contributed by atoms with Gasteiger partial charge in [-0.15, -0.1) is 0 Å². The first-order chi connectivity index (χ1) is 9.06. The number of ether oxygens (including phenoxy) is 1. The molecular formula is C13H16N2O4. The fraction of sp³-hybridized carbons (Fsp3) is 0.462. The number of morpholine rings is 1. The molecule has 0 radical (unpaired) electrons. The Balaban J connectivity index is 2.32. The normalized spacial score (nSPS) is 15.3. The molecule has 1 aliphatic rings. The van der Waals surface area contributed by atoms with Crippen molar-refractivity contribution in [3.05, 3.63) is 33.9 Å². The van der Waals surface area contributed by atoms with Gasteiger partial charge in [-0.25, -0.2) is 0 Å². The van der Waals surface area contributed by atoms with Gasteiger partial charge in [0.1, 0.15) is 5.78 Å². The minimum Gasteiger partial charge on any atom is -0.378 e. The van der Waals surface area contributed by atoms with Gasteiger partial charge < -0.3 is 9.64 Å². The van der Waals surface area contributed by atoms with Crippen LogP contribution in [0, 0.1) is 10.1 Å². The summed E-state index contributed by atoms with van der Waals surface area (Å²) in [5.74, 6) is -0.00609. The number of nitro benzene ring substituents is 1. The number of benzene rings is 1. The summed E-state index contributed by atoms with van der Waals surface area (Å²) >= 11 is 0. The number of non-ortho nitro benzene ring substituents is 1. The number of hydrogen-bond acceptors (Lipinski definition) is 5. The van der Waals surface area contributed by atoms with Gasteiger partial charge in [0.05, 0.1) is 18.1 Å². The topological polar surface area (TPSA) is 72.7 Å². The van der Waals surface area contributed by atoms with Crippen LogP contribution in [0.1, 0.15) is 12.5 Å². The first-order valence-electron chi connectivity index (χ1n) is 6.17. The van der Waals surface area contributed by atoms with Crippen molar-refractivity contribution >= 4 is 17.2 Å². The van der Waals surface area contributed by atoms with Crippen molar-refractivity contribution in [3.63, 3.8) is 0 Å². The van der Waals surface area contributed by atoms with Crippen LogP contribution in [0.2, 0.25) is 0 Å². The third kappa shape index (κ3) is 3.51. The van der Waals surface area contributed by atoms with E-state index in [1.165, 1.54) is 13.0 Å². The smallest absolute Gasteiger partial charge is 0.271 e. The lowest BCUT2D eigenvalue weighted by atomic mass is 10.1. The van der Waals surface area contributed by atoms with E-state index in [0.29, 0.717) is 31.9 Å². The molecule has 102 valence electrons. The zero-order valence-electron chi connectivity index (χ0n) is 10.8.